The van der Waals surface area contributed by atoms with Crippen molar-refractivity contribution < 1.29 is 4.79 Å². The molecule has 28 heavy (non-hydrogen) atoms. The highest BCUT2D eigenvalue weighted by Gasteiger charge is 2.26. The van der Waals surface area contributed by atoms with Gasteiger partial charge in [-0.15, -0.1) is 0 Å². The summed E-state index contributed by atoms with van der Waals surface area (Å²) in [6.45, 7) is 1.14. The second kappa shape index (κ2) is 7.96. The topological polar surface area (TPSA) is 70.1 Å². The number of aromatic amines is 1. The summed E-state index contributed by atoms with van der Waals surface area (Å²) >= 11 is 14.3. The molecule has 1 aromatic heterocycles. The molecule has 0 spiro atoms. The Morgan fingerprint density at radius 1 is 1.14 bits per heavy atom. The molecule has 2 N–H and O–H groups in total. The van der Waals surface area contributed by atoms with Gasteiger partial charge in [0.25, 0.3) is 0 Å². The number of urea groups is 1. The van der Waals surface area contributed by atoms with E-state index in [1.807, 2.05) is 18.2 Å². The summed E-state index contributed by atoms with van der Waals surface area (Å²) in [6.07, 6.45) is 1.41. The summed E-state index contributed by atoms with van der Waals surface area (Å²) in [5.74, 6) is 0. The second-order valence-electron chi connectivity index (χ2n) is 6.74. The number of rotatable bonds is 2. The fraction of sp³-hybridized carbons (Fsp3) is 0.263. The van der Waals surface area contributed by atoms with E-state index in [0.29, 0.717) is 41.7 Å². The monoisotopic (exact) mass is 530 g/mol. The number of hydrogen-bond donors (Lipinski definition) is 2. The van der Waals surface area contributed by atoms with E-state index < -0.39 is 0 Å². The van der Waals surface area contributed by atoms with Crippen molar-refractivity contribution in [2.24, 2.45) is 0 Å². The number of nitrogens with one attached hydrogen (secondary N) is 2. The van der Waals surface area contributed by atoms with Crippen LogP contribution >= 0.6 is 45.8 Å². The number of likely N-dealkylation sites (tertiary alicyclic amines) is 1. The molecule has 1 aliphatic rings. The van der Waals surface area contributed by atoms with E-state index in [0.717, 1.165) is 14.6 Å². The number of fused-ring (bicyclic) bond motifs is 1. The molecule has 0 atom stereocenters. The Morgan fingerprint density at radius 3 is 2.61 bits per heavy atom. The number of carbonyl (C=O) groups excluding carboxylic acids is 1. The van der Waals surface area contributed by atoms with E-state index in [4.69, 9.17) is 23.2 Å². The molecular weight excluding hydrogens is 514 g/mol. The quantitative estimate of drug-likeness (QED) is 0.452. The molecular formula is C19H17Cl2IN4O2. The Morgan fingerprint density at radius 2 is 1.89 bits per heavy atom. The fourth-order valence-electron chi connectivity index (χ4n) is 3.57. The molecule has 1 fully saturated rings. The van der Waals surface area contributed by atoms with Crippen LogP contribution in [0.5, 0.6) is 0 Å². The third-order valence-corrected chi connectivity index (χ3v) is 6.77. The molecule has 2 amide bonds. The maximum absolute atomic E-state index is 12.6. The molecule has 0 radical (unpaired) electrons. The van der Waals surface area contributed by atoms with Gasteiger partial charge in [-0.25, -0.2) is 9.59 Å². The molecule has 146 valence electrons. The van der Waals surface area contributed by atoms with Crippen molar-refractivity contribution in [2.75, 3.05) is 18.4 Å². The molecule has 0 unspecified atom stereocenters. The Kier molecular flexibility index (Phi) is 5.57. The predicted octanol–water partition coefficient (Wildman–Crippen LogP) is 5.11. The third kappa shape index (κ3) is 3.88. The van der Waals surface area contributed by atoms with Crippen molar-refractivity contribution in [3.8, 4) is 0 Å². The van der Waals surface area contributed by atoms with E-state index >= 15 is 0 Å². The molecule has 0 saturated carbocycles. The molecule has 4 rings (SSSR count). The van der Waals surface area contributed by atoms with E-state index in [1.165, 1.54) is 0 Å². The van der Waals surface area contributed by atoms with Gasteiger partial charge in [0.1, 0.15) is 0 Å². The smallest absolute Gasteiger partial charge is 0.324 e. The van der Waals surface area contributed by atoms with Gasteiger partial charge in [-0.3, -0.25) is 4.57 Å². The number of halogens is 3. The van der Waals surface area contributed by atoms with E-state index in [-0.39, 0.29) is 17.8 Å². The molecule has 0 bridgehead atoms. The fourth-order valence-corrected chi connectivity index (χ4v) is 4.26. The Balaban J connectivity index is 1.45. The van der Waals surface area contributed by atoms with E-state index in [9.17, 15) is 9.59 Å². The minimum Gasteiger partial charge on any atom is -0.324 e. The number of benzene rings is 2. The minimum absolute atomic E-state index is 0.0409. The largest absolute Gasteiger partial charge is 0.326 e. The Bertz CT molecular complexity index is 1100. The molecule has 2 heterocycles. The highest BCUT2D eigenvalue weighted by molar-refractivity contribution is 14.1. The number of anilines is 1. The van der Waals surface area contributed by atoms with Gasteiger partial charge in [-0.2, -0.15) is 0 Å². The van der Waals surface area contributed by atoms with Crippen LogP contribution in [0.15, 0.2) is 41.2 Å². The minimum atomic E-state index is -0.159. The molecule has 3 aromatic rings. The number of aromatic nitrogens is 2. The van der Waals surface area contributed by atoms with Gasteiger partial charge in [-0.1, -0.05) is 23.2 Å². The standard InChI is InChI=1S/C19H17Cl2IN4O2/c20-11-1-4-17-16(9-11)24-19(28)26(17)13-5-7-25(8-6-13)18(27)23-12-2-3-15(22)14(21)10-12/h1-4,9-10,13H,5-8H2,(H,23,27)(H,24,28). The second-order valence-corrected chi connectivity index (χ2v) is 8.74. The zero-order chi connectivity index (χ0) is 19.8. The summed E-state index contributed by atoms with van der Waals surface area (Å²) in [4.78, 5) is 29.6. The van der Waals surface area contributed by atoms with Gasteiger partial charge >= 0.3 is 11.7 Å². The number of amides is 2. The molecule has 0 aliphatic carbocycles. The molecule has 9 heteroatoms. The van der Waals surface area contributed by atoms with Gasteiger partial charge in [0.15, 0.2) is 0 Å². The number of hydrogen-bond acceptors (Lipinski definition) is 2. The van der Waals surface area contributed by atoms with Crippen LogP contribution in [0.1, 0.15) is 18.9 Å². The SMILES string of the molecule is O=C(Nc1ccc(I)c(Cl)c1)N1CCC(n2c(=O)[nH]c3cc(Cl)ccc32)CC1. The van der Waals surface area contributed by atoms with Crippen LogP contribution in [0.2, 0.25) is 10.0 Å². The lowest BCUT2D eigenvalue weighted by atomic mass is 10.0. The molecule has 2 aromatic carbocycles. The first-order chi connectivity index (χ1) is 13.4. The van der Waals surface area contributed by atoms with Crippen molar-refractivity contribution in [3.63, 3.8) is 0 Å². The highest BCUT2D eigenvalue weighted by Crippen LogP contribution is 2.27. The van der Waals surface area contributed by atoms with E-state index in [1.54, 1.807) is 27.7 Å². The maximum Gasteiger partial charge on any atom is 0.326 e. The Hall–Kier alpha value is -1.71. The summed E-state index contributed by atoms with van der Waals surface area (Å²) in [7, 11) is 0. The maximum atomic E-state index is 12.6. The summed E-state index contributed by atoms with van der Waals surface area (Å²) in [5, 5.41) is 4.08. The van der Waals surface area contributed by atoms with Crippen molar-refractivity contribution >= 4 is 68.5 Å². The first kappa shape index (κ1) is 19.6. The number of piperidine rings is 1. The highest BCUT2D eigenvalue weighted by atomic mass is 127. The first-order valence-electron chi connectivity index (χ1n) is 8.83. The van der Waals surface area contributed by atoms with Crippen LogP contribution < -0.4 is 11.0 Å². The van der Waals surface area contributed by atoms with Crippen molar-refractivity contribution in [3.05, 3.63) is 60.5 Å². The third-order valence-electron chi connectivity index (χ3n) is 4.97. The lowest BCUT2D eigenvalue weighted by Crippen LogP contribution is -2.42. The zero-order valence-corrected chi connectivity index (χ0v) is 18.4. The van der Waals surface area contributed by atoms with Gasteiger partial charge in [-0.05, 0) is 71.8 Å². The number of nitrogens with zero attached hydrogens (tertiary/aromatic N) is 2. The molecule has 6 nitrogen and oxygen atoms in total. The van der Waals surface area contributed by atoms with Crippen molar-refractivity contribution in [1.29, 1.82) is 0 Å². The van der Waals surface area contributed by atoms with Crippen LogP contribution in [-0.2, 0) is 0 Å². The lowest BCUT2D eigenvalue weighted by Gasteiger charge is -2.32. The first-order valence-corrected chi connectivity index (χ1v) is 10.7. The van der Waals surface area contributed by atoms with Gasteiger partial charge < -0.3 is 15.2 Å². The molecule has 1 aliphatic heterocycles. The van der Waals surface area contributed by atoms with E-state index in [2.05, 4.69) is 32.9 Å². The summed E-state index contributed by atoms with van der Waals surface area (Å²) in [5.41, 5.74) is 2.09. The summed E-state index contributed by atoms with van der Waals surface area (Å²) in [6, 6.07) is 10.7. The summed E-state index contributed by atoms with van der Waals surface area (Å²) < 4.78 is 2.71. The van der Waals surface area contributed by atoms with Crippen molar-refractivity contribution in [1.82, 2.24) is 14.5 Å². The number of carbonyl (C=O) groups is 1. The van der Waals surface area contributed by atoms with Crippen LogP contribution in [0.25, 0.3) is 11.0 Å². The van der Waals surface area contributed by atoms with Crippen LogP contribution in [0.4, 0.5) is 10.5 Å². The lowest BCUT2D eigenvalue weighted by molar-refractivity contribution is 0.184. The zero-order valence-electron chi connectivity index (χ0n) is 14.7. The van der Waals surface area contributed by atoms with Gasteiger partial charge in [0, 0.05) is 33.4 Å². The number of imidazole rings is 1. The van der Waals surface area contributed by atoms with Crippen LogP contribution in [-0.4, -0.2) is 33.6 Å². The van der Waals surface area contributed by atoms with Gasteiger partial charge in [0.2, 0.25) is 0 Å². The average molecular weight is 531 g/mol. The van der Waals surface area contributed by atoms with Crippen LogP contribution in [0, 0.1) is 3.57 Å². The number of H-pyrrole nitrogens is 1. The Labute approximate surface area is 184 Å². The average Bonchev–Trinajstić information content (AvgIpc) is 2.99. The predicted molar refractivity (Wildman–Crippen MR) is 121 cm³/mol. The van der Waals surface area contributed by atoms with Crippen molar-refractivity contribution in [2.45, 2.75) is 18.9 Å². The molecule has 1 saturated heterocycles. The van der Waals surface area contributed by atoms with Crippen LogP contribution in [0.3, 0.4) is 0 Å². The normalized spacial score (nSPS) is 15.2. The van der Waals surface area contributed by atoms with Gasteiger partial charge in [0.05, 0.1) is 16.1 Å².